The van der Waals surface area contributed by atoms with Crippen LogP contribution in [0, 0.1) is 0 Å². The summed E-state index contributed by atoms with van der Waals surface area (Å²) in [5.41, 5.74) is 4.59. The third-order valence-corrected chi connectivity index (χ3v) is 2.88. The van der Waals surface area contributed by atoms with Crippen molar-refractivity contribution in [3.8, 4) is 0 Å². The second-order valence-electron chi connectivity index (χ2n) is 4.63. The third-order valence-electron chi connectivity index (χ3n) is 2.88. The number of hydrogen-bond donors (Lipinski definition) is 2. The van der Waals surface area contributed by atoms with Gasteiger partial charge < -0.3 is 15.6 Å². The first-order valence-corrected chi connectivity index (χ1v) is 6.43. The van der Waals surface area contributed by atoms with Crippen molar-refractivity contribution in [3.63, 3.8) is 0 Å². The van der Waals surface area contributed by atoms with Gasteiger partial charge in [0.1, 0.15) is 12.2 Å². The predicted octanol–water partition coefficient (Wildman–Crippen LogP) is 0.347. The maximum absolute atomic E-state index is 10.5. The number of aromatic nitrogens is 3. The highest BCUT2D eigenvalue weighted by molar-refractivity contribution is 4.95. The number of hydrogen-bond acceptors (Lipinski definition) is 5. The van der Waals surface area contributed by atoms with Crippen molar-refractivity contribution in [2.24, 2.45) is 5.73 Å². The van der Waals surface area contributed by atoms with E-state index in [0.29, 0.717) is 19.4 Å². The van der Waals surface area contributed by atoms with Crippen LogP contribution in [0.3, 0.4) is 0 Å². The van der Waals surface area contributed by atoms with E-state index < -0.39 is 5.60 Å². The second kappa shape index (κ2) is 7.45. The fraction of sp³-hybridized carbons (Fsp3) is 0.833. The predicted molar refractivity (Wildman–Crippen MR) is 69.1 cm³/mol. The maximum Gasteiger partial charge on any atom is 0.138 e. The van der Waals surface area contributed by atoms with Gasteiger partial charge in [-0.25, -0.2) is 4.98 Å². The van der Waals surface area contributed by atoms with Gasteiger partial charge in [0, 0.05) is 20.1 Å². The second-order valence-corrected chi connectivity index (χ2v) is 4.63. The first-order valence-electron chi connectivity index (χ1n) is 6.43. The zero-order valence-electron chi connectivity index (χ0n) is 11.3. The lowest BCUT2D eigenvalue weighted by Gasteiger charge is -2.26. The van der Waals surface area contributed by atoms with Gasteiger partial charge in [0.25, 0.3) is 0 Å². The Morgan fingerprint density at radius 2 is 2.33 bits per heavy atom. The molecule has 0 fully saturated rings. The summed E-state index contributed by atoms with van der Waals surface area (Å²) in [6.07, 6.45) is 4.34. The van der Waals surface area contributed by atoms with E-state index in [4.69, 9.17) is 10.5 Å². The number of rotatable bonds is 9. The number of ether oxygens (including phenoxy) is 1. The molecule has 3 N–H and O–H groups in total. The number of methoxy groups -OCH3 is 1. The van der Waals surface area contributed by atoms with Gasteiger partial charge in [-0.2, -0.15) is 5.10 Å². The van der Waals surface area contributed by atoms with Crippen molar-refractivity contribution in [1.29, 1.82) is 0 Å². The van der Waals surface area contributed by atoms with Crippen LogP contribution in [0.4, 0.5) is 0 Å². The normalized spacial score (nSPS) is 14.7. The number of aryl methyl sites for hydroxylation is 1. The highest BCUT2D eigenvalue weighted by Crippen LogP contribution is 2.18. The van der Waals surface area contributed by atoms with Crippen LogP contribution < -0.4 is 5.73 Å². The topological polar surface area (TPSA) is 86.2 Å². The highest BCUT2D eigenvalue weighted by atomic mass is 16.5. The van der Waals surface area contributed by atoms with Crippen molar-refractivity contribution < 1.29 is 9.84 Å². The van der Waals surface area contributed by atoms with Crippen molar-refractivity contribution >= 4 is 0 Å². The van der Waals surface area contributed by atoms with Gasteiger partial charge >= 0.3 is 0 Å². The van der Waals surface area contributed by atoms with Crippen molar-refractivity contribution in [1.82, 2.24) is 14.8 Å². The first-order chi connectivity index (χ1) is 8.65. The van der Waals surface area contributed by atoms with E-state index in [9.17, 15) is 5.11 Å². The molecule has 0 radical (unpaired) electrons. The van der Waals surface area contributed by atoms with Crippen molar-refractivity contribution in [3.05, 3.63) is 12.2 Å². The molecule has 0 bridgehead atoms. The average molecular weight is 256 g/mol. The Hall–Kier alpha value is -0.980. The molecule has 18 heavy (non-hydrogen) atoms. The maximum atomic E-state index is 10.5. The number of nitrogens with two attached hydrogens (primary N) is 1. The molecule has 0 amide bonds. The summed E-state index contributed by atoms with van der Waals surface area (Å²) >= 11 is 0. The molecule has 6 heteroatoms. The van der Waals surface area contributed by atoms with Gasteiger partial charge in [-0.3, -0.25) is 4.68 Å². The van der Waals surface area contributed by atoms with Crippen molar-refractivity contribution in [2.45, 2.75) is 44.8 Å². The Balaban J connectivity index is 2.72. The number of nitrogens with zero attached hydrogens (tertiary/aromatic N) is 3. The van der Waals surface area contributed by atoms with E-state index in [0.717, 1.165) is 25.2 Å². The highest BCUT2D eigenvalue weighted by Gasteiger charge is 2.29. The zero-order chi connectivity index (χ0) is 13.4. The Morgan fingerprint density at radius 1 is 1.56 bits per heavy atom. The van der Waals surface area contributed by atoms with Crippen LogP contribution >= 0.6 is 0 Å². The Morgan fingerprint density at radius 3 is 2.94 bits per heavy atom. The van der Waals surface area contributed by atoms with Gasteiger partial charge in [-0.05, 0) is 25.8 Å². The molecule has 1 aromatic heterocycles. The molecule has 0 aliphatic heterocycles. The molecule has 104 valence electrons. The Labute approximate surface area is 108 Å². The first kappa shape index (κ1) is 15.1. The molecular weight excluding hydrogens is 232 g/mol. The molecule has 1 rings (SSSR count). The van der Waals surface area contributed by atoms with Gasteiger partial charge in [0.15, 0.2) is 0 Å². The van der Waals surface area contributed by atoms with Gasteiger partial charge in [0.05, 0.1) is 12.2 Å². The zero-order valence-corrected chi connectivity index (χ0v) is 11.3. The Kier molecular flexibility index (Phi) is 6.24. The monoisotopic (exact) mass is 256 g/mol. The summed E-state index contributed by atoms with van der Waals surface area (Å²) in [6, 6.07) is 0. The Bertz CT molecular complexity index is 343. The van der Waals surface area contributed by atoms with Crippen LogP contribution in [0.5, 0.6) is 0 Å². The molecule has 0 aliphatic carbocycles. The lowest BCUT2D eigenvalue weighted by molar-refractivity contribution is -0.0394. The molecule has 1 atom stereocenters. The molecule has 0 saturated heterocycles. The number of aliphatic hydroxyl groups is 1. The third kappa shape index (κ3) is 4.36. The van der Waals surface area contributed by atoms with Crippen molar-refractivity contribution in [2.75, 3.05) is 20.3 Å². The summed E-state index contributed by atoms with van der Waals surface area (Å²) in [5.74, 6) is 0.799. The lowest BCUT2D eigenvalue weighted by Crippen LogP contribution is -2.38. The minimum atomic E-state index is -0.910. The van der Waals surface area contributed by atoms with Crippen LogP contribution in [0.1, 0.15) is 32.0 Å². The molecule has 0 saturated carbocycles. The van der Waals surface area contributed by atoms with Crippen LogP contribution in [0.2, 0.25) is 0 Å². The van der Waals surface area contributed by atoms with Gasteiger partial charge in [-0.1, -0.05) is 6.92 Å². The summed E-state index contributed by atoms with van der Waals surface area (Å²) in [7, 11) is 1.59. The standard InChI is InChI=1S/C12H24N4O2/c1-3-7-16-11(14-10-15-16)8-12(17,9-18-2)5-4-6-13/h10,17H,3-9,13H2,1-2H3. The lowest BCUT2D eigenvalue weighted by atomic mass is 9.94. The molecule has 0 spiro atoms. The minimum absolute atomic E-state index is 0.284. The van der Waals surface area contributed by atoms with Gasteiger partial charge in [-0.15, -0.1) is 0 Å². The van der Waals surface area contributed by atoms with Crippen LogP contribution in [0.25, 0.3) is 0 Å². The summed E-state index contributed by atoms with van der Waals surface area (Å²) in [6.45, 7) is 3.75. The van der Waals surface area contributed by atoms with Crippen LogP contribution in [-0.2, 0) is 17.7 Å². The minimum Gasteiger partial charge on any atom is -0.387 e. The summed E-state index contributed by atoms with van der Waals surface area (Å²) < 4.78 is 6.94. The summed E-state index contributed by atoms with van der Waals surface area (Å²) in [5, 5.41) is 14.7. The quantitative estimate of drug-likeness (QED) is 0.665. The largest absolute Gasteiger partial charge is 0.387 e. The molecule has 1 aromatic rings. The SMILES string of the molecule is CCCn1ncnc1CC(O)(CCCN)COC. The van der Waals surface area contributed by atoms with Gasteiger partial charge in [0.2, 0.25) is 0 Å². The molecular formula is C12H24N4O2. The van der Waals surface area contributed by atoms with E-state index in [2.05, 4.69) is 17.0 Å². The fourth-order valence-corrected chi connectivity index (χ4v) is 2.03. The van der Waals surface area contributed by atoms with E-state index >= 15 is 0 Å². The van der Waals surface area contributed by atoms with Crippen LogP contribution in [-0.4, -0.2) is 45.7 Å². The smallest absolute Gasteiger partial charge is 0.138 e. The van der Waals surface area contributed by atoms with E-state index in [1.165, 1.54) is 6.33 Å². The molecule has 6 nitrogen and oxygen atoms in total. The average Bonchev–Trinajstić information content (AvgIpc) is 2.75. The molecule has 1 heterocycles. The molecule has 1 unspecified atom stereocenters. The van der Waals surface area contributed by atoms with Crippen LogP contribution in [0.15, 0.2) is 6.33 Å². The van der Waals surface area contributed by atoms with E-state index in [1.807, 2.05) is 4.68 Å². The fourth-order valence-electron chi connectivity index (χ4n) is 2.03. The van der Waals surface area contributed by atoms with E-state index in [-0.39, 0.29) is 6.61 Å². The van der Waals surface area contributed by atoms with E-state index in [1.54, 1.807) is 7.11 Å². The molecule has 0 aliphatic rings. The molecule has 0 aromatic carbocycles. The summed E-state index contributed by atoms with van der Waals surface area (Å²) in [4.78, 5) is 4.22.